The van der Waals surface area contributed by atoms with E-state index in [0.29, 0.717) is 8.96 Å². The number of rotatable bonds is 6. The van der Waals surface area contributed by atoms with Crippen LogP contribution in [0.3, 0.4) is 0 Å². The van der Waals surface area contributed by atoms with Crippen LogP contribution in [-0.2, 0) is 12.6 Å². The Balaban J connectivity index is 1.50. The van der Waals surface area contributed by atoms with Gasteiger partial charge in [-0.3, -0.25) is 0 Å². The van der Waals surface area contributed by atoms with E-state index in [0.717, 1.165) is 30.5 Å². The highest BCUT2D eigenvalue weighted by Crippen LogP contribution is 2.37. The molecule has 36 heavy (non-hydrogen) atoms. The van der Waals surface area contributed by atoms with Crippen molar-refractivity contribution in [3.8, 4) is 0 Å². The Bertz CT molecular complexity index is 1840. The maximum absolute atomic E-state index is 13.8. The second-order valence-electron chi connectivity index (χ2n) is 8.23. The summed E-state index contributed by atoms with van der Waals surface area (Å²) >= 11 is -2.97. The molecule has 0 atom stereocenters. The first-order valence-corrected chi connectivity index (χ1v) is 15.5. The van der Waals surface area contributed by atoms with Crippen LogP contribution < -0.4 is 20.2 Å². The summed E-state index contributed by atoms with van der Waals surface area (Å²) in [5.74, 6) is 0. The molecule has 0 fully saturated rings. The van der Waals surface area contributed by atoms with Crippen molar-refractivity contribution < 1.29 is 41.3 Å². The van der Waals surface area contributed by atoms with E-state index in [1.54, 1.807) is 18.2 Å². The molecule has 1 radical (unpaired) electrons. The molecule has 0 unspecified atom stereocenters. The van der Waals surface area contributed by atoms with Gasteiger partial charge in [-0.2, -0.15) is 8.42 Å². The van der Waals surface area contributed by atoms with Crippen molar-refractivity contribution >= 4 is 48.1 Å². The van der Waals surface area contributed by atoms with Crippen LogP contribution in [0.25, 0.3) is 32.3 Å². The average molecular weight is 608 g/mol. The van der Waals surface area contributed by atoms with E-state index >= 15 is 0 Å². The summed E-state index contributed by atoms with van der Waals surface area (Å²) in [5.41, 5.74) is 0.0530. The number of halogens is 1. The predicted molar refractivity (Wildman–Crippen MR) is 134 cm³/mol. The van der Waals surface area contributed by atoms with E-state index in [-0.39, 0.29) is 15.5 Å². The minimum absolute atomic E-state index is 0.0530. The highest BCUT2D eigenvalue weighted by molar-refractivity contribution is 7.86. The quantitative estimate of drug-likeness (QED) is 0.178. The Hall–Kier alpha value is -3.60. The first-order valence-electron chi connectivity index (χ1n) is 11.1. The van der Waals surface area contributed by atoms with Crippen molar-refractivity contribution in [2.24, 2.45) is 0 Å². The first-order chi connectivity index (χ1) is 17.4. The molecule has 6 aromatic rings. The lowest BCUT2D eigenvalue weighted by atomic mass is 9.94. The zero-order chi connectivity index (χ0) is 24.9. The van der Waals surface area contributed by atoms with Crippen LogP contribution in [0.15, 0.2) is 114 Å². The van der Waals surface area contributed by atoms with Gasteiger partial charge in [0, 0.05) is 17.5 Å². The van der Waals surface area contributed by atoms with E-state index in [1.165, 1.54) is 12.1 Å². The van der Waals surface area contributed by atoms with E-state index in [2.05, 4.69) is 0 Å². The van der Waals surface area contributed by atoms with Crippen LogP contribution >= 0.6 is 0 Å². The van der Waals surface area contributed by atoms with Gasteiger partial charge in [-0.1, -0.05) is 66.7 Å². The van der Waals surface area contributed by atoms with Crippen LogP contribution in [0, 0.1) is 12.0 Å². The third-order valence-corrected chi connectivity index (χ3v) is 13.5. The van der Waals surface area contributed by atoms with E-state index in [4.69, 9.17) is 2.51 Å². The largest absolute Gasteiger partial charge is 0.336 e. The third-order valence-electron chi connectivity index (χ3n) is 6.08. The summed E-state index contributed by atoms with van der Waals surface area (Å²) < 4.78 is 35.2. The van der Waals surface area contributed by atoms with E-state index < -0.39 is 30.4 Å². The van der Waals surface area contributed by atoms with Gasteiger partial charge in [-0.25, -0.2) is 5.21 Å². The maximum atomic E-state index is 13.8. The molecule has 8 heteroatoms. The zero-order valence-corrected chi connectivity index (χ0v) is 21.7. The molecule has 0 saturated heterocycles. The van der Waals surface area contributed by atoms with Gasteiger partial charge in [0.2, 0.25) is 0 Å². The Morgan fingerprint density at radius 1 is 0.639 bits per heavy atom. The van der Waals surface area contributed by atoms with Gasteiger partial charge in [0.25, 0.3) is 4.92 Å². The Kier molecular flexibility index (Phi) is 5.59. The van der Waals surface area contributed by atoms with Crippen molar-refractivity contribution in [3.63, 3.8) is 0 Å². The van der Waals surface area contributed by atoms with Gasteiger partial charge in [0.1, 0.15) is 4.90 Å². The molecule has 0 saturated carbocycles. The Labute approximate surface area is 214 Å². The van der Waals surface area contributed by atoms with Crippen LogP contribution in [0.5, 0.6) is 0 Å². The normalized spacial score (nSPS) is 12.1. The molecule has 0 aromatic heterocycles. The molecule has 1 N–H and O–H groups in total. The predicted octanol–water partition coefficient (Wildman–Crippen LogP) is 3.37. The summed E-state index contributed by atoms with van der Waals surface area (Å²) in [4.78, 5) is 11.1. The lowest BCUT2D eigenvalue weighted by molar-refractivity contribution is -1.03. The highest BCUT2D eigenvalue weighted by atomic mass is 127. The standard InChI is InChI=1S/C28H19INO5S/c31-30(32)24-15-13-23(14-16-24)29(22-7-2-1-3-8-22)35-36(33,34)26-18-12-21-10-9-19-5-4-6-20-11-17-25(26)28(21)27(19)20/h1-18H,(H,31,32)/q+2. The van der Waals surface area contributed by atoms with Gasteiger partial charge >= 0.3 is 36.0 Å². The summed E-state index contributed by atoms with van der Waals surface area (Å²) in [6, 6.07) is 32.7. The number of benzene rings is 6. The molecular weight excluding hydrogens is 589 g/mol. The van der Waals surface area contributed by atoms with Gasteiger partial charge in [0.15, 0.2) is 7.14 Å². The molecule has 0 spiro atoms. The summed E-state index contributed by atoms with van der Waals surface area (Å²) in [6.45, 7) is 0. The average Bonchev–Trinajstić information content (AvgIpc) is 2.91. The van der Waals surface area contributed by atoms with E-state index in [9.17, 15) is 18.5 Å². The minimum Gasteiger partial charge on any atom is -0.241 e. The molecule has 177 valence electrons. The van der Waals surface area contributed by atoms with Crippen LogP contribution in [0.2, 0.25) is 0 Å². The van der Waals surface area contributed by atoms with Crippen molar-refractivity contribution in [2.45, 2.75) is 4.90 Å². The van der Waals surface area contributed by atoms with Crippen molar-refractivity contribution in [3.05, 3.63) is 121 Å². The molecule has 0 aliphatic carbocycles. The highest BCUT2D eigenvalue weighted by Gasteiger charge is 2.39. The first kappa shape index (κ1) is 22.8. The lowest BCUT2D eigenvalue weighted by Gasteiger charge is -2.13. The minimum atomic E-state index is -4.16. The fraction of sp³-hybridized carbons (Fsp3) is 0. The zero-order valence-electron chi connectivity index (χ0n) is 18.7. The van der Waals surface area contributed by atoms with Gasteiger partial charge in [-0.05, 0) is 59.8 Å². The molecule has 0 bridgehead atoms. The molecule has 0 amide bonds. The smallest absolute Gasteiger partial charge is 0.241 e. The monoisotopic (exact) mass is 608 g/mol. The summed E-state index contributed by atoms with van der Waals surface area (Å²) in [7, 11) is -4.16. The summed E-state index contributed by atoms with van der Waals surface area (Å²) in [6.07, 6.45) is 0. The Morgan fingerprint density at radius 2 is 1.22 bits per heavy atom. The van der Waals surface area contributed by atoms with Gasteiger partial charge in [-0.15, -0.1) is 0 Å². The molecule has 6 rings (SSSR count). The maximum Gasteiger partial charge on any atom is 0.336 e. The number of nitrogens with zero attached hydrogens (tertiary/aromatic N) is 1. The molecule has 6 aromatic carbocycles. The molecular formula is C28H19INO5S+2. The SMILES string of the molecule is O=[N+](O)c1ccc([I+](OS(=O)(=O)c2ccc3ccc4cccc5ccc2c3c45)c2ccccc2)cc1. The molecule has 0 aliphatic rings. The molecule has 6 nitrogen and oxygen atoms in total. The van der Waals surface area contributed by atoms with E-state index in [1.807, 2.05) is 78.9 Å². The second kappa shape index (κ2) is 8.81. The third kappa shape index (κ3) is 3.87. The Morgan fingerprint density at radius 3 is 1.89 bits per heavy atom. The van der Waals surface area contributed by atoms with Gasteiger partial charge < -0.3 is 0 Å². The van der Waals surface area contributed by atoms with Crippen LogP contribution in [0.4, 0.5) is 5.69 Å². The van der Waals surface area contributed by atoms with Crippen LogP contribution in [-0.4, -0.2) is 18.5 Å². The topological polar surface area (TPSA) is 83.7 Å². The number of hydrogen-bond donors (Lipinski definition) is 1. The van der Waals surface area contributed by atoms with Crippen molar-refractivity contribution in [2.75, 3.05) is 0 Å². The lowest BCUT2D eigenvalue weighted by Crippen LogP contribution is -3.85. The van der Waals surface area contributed by atoms with Crippen molar-refractivity contribution in [1.82, 2.24) is 0 Å². The van der Waals surface area contributed by atoms with Gasteiger partial charge in [0.05, 0.1) is 4.91 Å². The molecule has 0 heterocycles. The second-order valence-corrected chi connectivity index (χ2v) is 14.7. The number of hydrogen-bond acceptors (Lipinski definition) is 4. The fourth-order valence-corrected chi connectivity index (χ4v) is 11.6. The fourth-order valence-electron chi connectivity index (χ4n) is 4.45. The molecule has 0 aliphatic heterocycles. The van der Waals surface area contributed by atoms with Crippen molar-refractivity contribution in [1.29, 1.82) is 0 Å². The van der Waals surface area contributed by atoms with Crippen LogP contribution in [0.1, 0.15) is 0 Å². The summed E-state index contributed by atoms with van der Waals surface area (Å²) in [5, 5.41) is 14.8.